The first kappa shape index (κ1) is 58.9. The van der Waals surface area contributed by atoms with Crippen molar-refractivity contribution in [2.45, 2.75) is 125 Å². The van der Waals surface area contributed by atoms with Crippen LogP contribution < -0.4 is 16.0 Å². The van der Waals surface area contributed by atoms with E-state index in [1.807, 2.05) is 83.6 Å². The van der Waals surface area contributed by atoms with Crippen LogP contribution in [0, 0.1) is 0 Å². The average Bonchev–Trinajstić information content (AvgIpc) is 2.10. The second-order valence-electron chi connectivity index (χ2n) is 25.6. The maximum Gasteiger partial charge on any atom is 0.139 e. The van der Waals surface area contributed by atoms with Crippen LogP contribution in [0.4, 0.5) is 30.2 Å². The lowest BCUT2D eigenvalue weighted by molar-refractivity contribution is -0.0847. The molecule has 0 amide bonds. The fourth-order valence-electron chi connectivity index (χ4n) is 14.1. The lowest BCUT2D eigenvalue weighted by atomic mass is 10.0. The molecule has 22 nitrogen and oxygen atoms in total. The second-order valence-corrected chi connectivity index (χ2v) is 25.6. The molecule has 9 aromatic heterocycles. The number of alkyl halides is 3. The molecule has 6 atom stereocenters. The summed E-state index contributed by atoms with van der Waals surface area (Å²) in [5.74, 6) is 0. The molecule has 0 radical (unpaired) electrons. The molecule has 6 N–H and O–H groups in total. The van der Waals surface area contributed by atoms with Gasteiger partial charge in [-0.2, -0.15) is 15.3 Å². The van der Waals surface area contributed by atoms with Crippen LogP contribution in [0.5, 0.6) is 0 Å². The first-order valence-electron chi connectivity index (χ1n) is 32.4. The first-order valence-corrected chi connectivity index (χ1v) is 32.4. The Hall–Kier alpha value is -7.39. The molecule has 6 saturated heterocycles. The van der Waals surface area contributed by atoms with Gasteiger partial charge < -0.3 is 49.8 Å². The van der Waals surface area contributed by atoms with E-state index in [4.69, 9.17) is 18.9 Å². The van der Waals surface area contributed by atoms with Gasteiger partial charge in [0.2, 0.25) is 0 Å². The zero-order valence-electron chi connectivity index (χ0n) is 50.9. The molecule has 0 spiro atoms. The molecule has 476 valence electrons. The molecule has 8 fully saturated rings. The highest BCUT2D eigenvalue weighted by molar-refractivity contribution is 6.00. The summed E-state index contributed by atoms with van der Waals surface area (Å²) in [6.45, 7) is 9.64. The number of likely N-dealkylation sites (tertiary alicyclic amines) is 3. The predicted molar refractivity (Wildman–Crippen MR) is 339 cm³/mol. The number of rotatable bonds is 17. The number of pyridine rings is 3. The van der Waals surface area contributed by atoms with Crippen molar-refractivity contribution < 1.29 is 32.1 Å². The number of fused-ring (bicyclic) bond motifs is 3. The molecule has 25 heteroatoms. The van der Waals surface area contributed by atoms with Crippen molar-refractivity contribution in [2.24, 2.45) is 0 Å². The molecule has 0 unspecified atom stereocenters. The van der Waals surface area contributed by atoms with Crippen LogP contribution in [0.1, 0.15) is 75.9 Å². The van der Waals surface area contributed by atoms with Gasteiger partial charge in [-0.15, -0.1) is 0 Å². The highest BCUT2D eigenvalue weighted by atomic mass is 19.1. The van der Waals surface area contributed by atoms with Crippen molar-refractivity contribution in [1.29, 1.82) is 0 Å². The normalized spacial score (nSPS) is 24.9. The fraction of sp³-hybridized carbons (Fsp3) is 0.538. The quantitative estimate of drug-likeness (QED) is 0.0468. The van der Waals surface area contributed by atoms with Gasteiger partial charge >= 0.3 is 0 Å². The van der Waals surface area contributed by atoms with Gasteiger partial charge in [-0.05, 0) is 63.1 Å². The van der Waals surface area contributed by atoms with E-state index in [1.165, 1.54) is 38.5 Å². The van der Waals surface area contributed by atoms with E-state index in [0.29, 0.717) is 63.0 Å². The molecule has 0 bridgehead atoms. The Morgan fingerprint density at radius 3 is 1.20 bits per heavy atom. The van der Waals surface area contributed by atoms with Gasteiger partial charge in [0.25, 0.3) is 0 Å². The Kier molecular flexibility index (Phi) is 17.1. The van der Waals surface area contributed by atoms with Gasteiger partial charge in [0.15, 0.2) is 0 Å². The number of methoxy groups -OCH3 is 1. The van der Waals surface area contributed by atoms with Crippen LogP contribution in [0.2, 0.25) is 0 Å². The number of aromatic nitrogens is 12. The molecule has 2 saturated carbocycles. The van der Waals surface area contributed by atoms with Crippen molar-refractivity contribution in [3.05, 3.63) is 92.6 Å². The van der Waals surface area contributed by atoms with Crippen molar-refractivity contribution in [3.63, 3.8) is 0 Å². The van der Waals surface area contributed by atoms with Crippen molar-refractivity contribution in [1.82, 2.24) is 73.9 Å². The summed E-state index contributed by atoms with van der Waals surface area (Å²) in [5, 5.41) is 27.7. The third-order valence-electron chi connectivity index (χ3n) is 19.8. The molecule has 0 aromatic carbocycles. The molecule has 15 heterocycles. The van der Waals surface area contributed by atoms with Gasteiger partial charge in [0.05, 0.1) is 118 Å². The Morgan fingerprint density at radius 2 is 0.856 bits per heavy atom. The van der Waals surface area contributed by atoms with Crippen LogP contribution >= 0.6 is 0 Å². The number of anilines is 3. The highest BCUT2D eigenvalue weighted by Gasteiger charge is 2.40. The van der Waals surface area contributed by atoms with Gasteiger partial charge in [0.1, 0.15) is 35.5 Å². The Morgan fingerprint density at radius 1 is 0.489 bits per heavy atom. The van der Waals surface area contributed by atoms with E-state index in [0.717, 1.165) is 162 Å². The molecule has 6 aliphatic heterocycles. The maximum absolute atomic E-state index is 15.1. The highest BCUT2D eigenvalue weighted by Crippen LogP contribution is 2.41. The summed E-state index contributed by atoms with van der Waals surface area (Å²) in [5.41, 5.74) is 11.6. The summed E-state index contributed by atoms with van der Waals surface area (Å²) in [7, 11) is 1.68. The number of ether oxygens (including phenoxy) is 4. The minimum atomic E-state index is -0.948. The number of hydrogen-bond donors (Lipinski definition) is 6. The van der Waals surface area contributed by atoms with E-state index in [9.17, 15) is 8.78 Å². The molecular weight excluding hydrogens is 1150 g/mol. The zero-order valence-corrected chi connectivity index (χ0v) is 50.9. The predicted octanol–water partition coefficient (Wildman–Crippen LogP) is 9.22. The van der Waals surface area contributed by atoms with Crippen molar-refractivity contribution in [3.8, 4) is 33.4 Å². The minimum Gasteiger partial charge on any atom is -0.383 e. The number of aromatic amines is 3. The standard InChI is InChI=1S/C23H29FN6O.C21H27FN6O2.C21H25FN6O/c24-20-12-29(17-13-31-14-17)8-6-21(20)30-11-15(9-27-30)19-10-26-23-18(5-7-25-23)22(19)28-16-3-1-2-4-16;1-29-7-5-23-20-16-2-4-24-21(16)25-9-17(20)14-8-26-28(10-14)19-3-6-27(11-18(19)22)15-12-30-13-15;22-18-10-27(15-11-29-12-15)6-4-19(18)28-9-13(7-25-28)17-8-24-21-16(3-5-23-21)20(17)26-14-1-2-14/h5,7,9-11,16-17,20-21H,1-4,6,8,12-14H2,(H2,25,26,28);2,4,8-10,15,18-19H,3,5-7,11-13H2,1H3,(H2,23,24,25);3,5,7-9,14-15,18-19H,1-2,4,6,10-12H2,(H2,23,24,26)/t20-,21-;2*18-,19-/m000/s1. The monoisotopic (exact) mass is 1230 g/mol. The van der Waals surface area contributed by atoms with E-state index >= 15 is 4.39 Å². The molecule has 9 aromatic rings. The van der Waals surface area contributed by atoms with Crippen LogP contribution in [-0.2, 0) is 18.9 Å². The summed E-state index contributed by atoms with van der Waals surface area (Å²) in [6, 6.07) is 7.61. The molecular formula is C65H81F3N18O4. The molecule has 2 aliphatic carbocycles. The number of nitrogens with one attached hydrogen (secondary N) is 6. The van der Waals surface area contributed by atoms with Crippen LogP contribution in [0.25, 0.3) is 66.5 Å². The SMILES string of the molecule is COCCNc1c(-c2cnn([C@H]3CCN(C4COC4)C[C@@H]3F)c2)cnc2[nH]ccc12.F[C@H]1CN(C2COC2)CC[C@@H]1n1cc(-c2cnc3[nH]ccc3c2NC2CC2)cn1.F[C@H]1CN(C2COC2)CC[C@@H]1n1cc(-c2cnc3[nH]ccc3c2NC2CCCC2)cn1. The topological polar surface area (TPSA) is 222 Å². The van der Waals surface area contributed by atoms with Gasteiger partial charge in [-0.3, -0.25) is 28.7 Å². The first-order chi connectivity index (χ1) is 44.3. The Bertz CT molecular complexity index is 3860. The largest absolute Gasteiger partial charge is 0.383 e. The average molecular weight is 1240 g/mol. The Labute approximate surface area is 519 Å². The van der Waals surface area contributed by atoms with E-state index in [1.54, 1.807) is 18.0 Å². The van der Waals surface area contributed by atoms with E-state index in [2.05, 4.69) is 88.0 Å². The number of nitrogens with zero attached hydrogens (tertiary/aromatic N) is 12. The van der Waals surface area contributed by atoms with Gasteiger partial charge in [0, 0.05) is 170 Å². The summed E-state index contributed by atoms with van der Waals surface area (Å²) >= 11 is 0. The number of halogens is 3. The number of H-pyrrole nitrogens is 3. The van der Waals surface area contributed by atoms with Crippen molar-refractivity contribution >= 4 is 50.2 Å². The third-order valence-corrected chi connectivity index (χ3v) is 19.8. The number of piperidine rings is 3. The summed E-state index contributed by atoms with van der Waals surface area (Å²) < 4.78 is 71.4. The van der Waals surface area contributed by atoms with Gasteiger partial charge in [-0.25, -0.2) is 28.1 Å². The zero-order chi connectivity index (χ0) is 60.7. The smallest absolute Gasteiger partial charge is 0.139 e. The molecule has 17 rings (SSSR count). The molecule has 8 aliphatic rings. The van der Waals surface area contributed by atoms with Crippen molar-refractivity contribution in [2.75, 3.05) is 115 Å². The van der Waals surface area contributed by atoms with Gasteiger partial charge in [-0.1, -0.05) is 12.8 Å². The fourth-order valence-corrected chi connectivity index (χ4v) is 14.1. The van der Waals surface area contributed by atoms with Crippen LogP contribution in [-0.4, -0.2) is 222 Å². The summed E-state index contributed by atoms with van der Waals surface area (Å²) in [4.78, 5) is 29.9. The summed E-state index contributed by atoms with van der Waals surface area (Å²) in [6.07, 6.45) is 29.6. The Balaban J connectivity index is 0.000000113. The minimum absolute atomic E-state index is 0.218. The third kappa shape index (κ3) is 12.2. The maximum atomic E-state index is 15.1. The van der Waals surface area contributed by atoms with Crippen LogP contribution in [0.15, 0.2) is 92.6 Å². The second kappa shape index (κ2) is 26.1. The number of hydrogen-bond acceptors (Lipinski definition) is 16. The molecule has 90 heavy (non-hydrogen) atoms. The van der Waals surface area contributed by atoms with Crippen LogP contribution in [0.3, 0.4) is 0 Å². The van der Waals surface area contributed by atoms with E-state index in [-0.39, 0.29) is 18.1 Å². The van der Waals surface area contributed by atoms with E-state index < -0.39 is 18.5 Å². The lowest BCUT2D eigenvalue weighted by Crippen LogP contribution is -2.55. The lowest BCUT2D eigenvalue weighted by Gasteiger charge is -2.42.